The maximum absolute atomic E-state index is 12.2. The molecule has 0 spiro atoms. The minimum absolute atomic E-state index is 0.174. The van der Waals surface area contributed by atoms with E-state index in [1.807, 2.05) is 0 Å². The molecular weight excluding hydrogens is 414 g/mol. The van der Waals surface area contributed by atoms with Crippen molar-refractivity contribution < 1.29 is 14.3 Å². The van der Waals surface area contributed by atoms with Gasteiger partial charge in [0.05, 0.1) is 19.2 Å². The molecule has 1 N–H and O–H groups in total. The fraction of sp³-hybridized carbons (Fsp3) is 0.375. The Morgan fingerprint density at radius 1 is 1.06 bits per heavy atom. The van der Waals surface area contributed by atoms with Crippen LogP contribution in [0.2, 0.25) is 5.02 Å². The van der Waals surface area contributed by atoms with Gasteiger partial charge in [-0.15, -0.1) is 0 Å². The molecule has 166 valence electrons. The van der Waals surface area contributed by atoms with Crippen molar-refractivity contribution in [3.8, 4) is 11.5 Å². The molecule has 0 bridgehead atoms. The lowest BCUT2D eigenvalue weighted by atomic mass is 10.1. The molecule has 1 fully saturated rings. The number of hydrogen-bond donors (Lipinski definition) is 1. The molecule has 1 amide bonds. The first-order valence-electron chi connectivity index (χ1n) is 10.3. The van der Waals surface area contributed by atoms with E-state index in [2.05, 4.69) is 46.4 Å². The lowest BCUT2D eigenvalue weighted by molar-refractivity contribution is -0.116. The number of amides is 1. The van der Waals surface area contributed by atoms with Crippen molar-refractivity contribution in [1.29, 1.82) is 0 Å². The molecule has 2 aromatic rings. The third kappa shape index (κ3) is 6.72. The number of halogens is 1. The molecule has 2 aromatic carbocycles. The molecule has 31 heavy (non-hydrogen) atoms. The Morgan fingerprint density at radius 2 is 1.74 bits per heavy atom. The number of nitrogens with one attached hydrogen (secondary N) is 1. The molecule has 0 aliphatic carbocycles. The molecule has 7 heteroatoms. The van der Waals surface area contributed by atoms with E-state index in [9.17, 15) is 4.79 Å². The minimum Gasteiger partial charge on any atom is -0.493 e. The van der Waals surface area contributed by atoms with Crippen LogP contribution < -0.4 is 14.8 Å². The van der Waals surface area contributed by atoms with Crippen LogP contribution in [0.4, 0.5) is 0 Å². The zero-order chi connectivity index (χ0) is 22.2. The first-order valence-corrected chi connectivity index (χ1v) is 10.7. The zero-order valence-corrected chi connectivity index (χ0v) is 19.1. The highest BCUT2D eigenvalue weighted by Crippen LogP contribution is 2.36. The molecule has 1 saturated heterocycles. The summed E-state index contributed by atoms with van der Waals surface area (Å²) in [6, 6.07) is 11.9. The van der Waals surface area contributed by atoms with E-state index in [0.29, 0.717) is 23.1 Å². The summed E-state index contributed by atoms with van der Waals surface area (Å²) in [5.41, 5.74) is 3.12. The number of hydrogen-bond acceptors (Lipinski definition) is 5. The maximum atomic E-state index is 12.2. The van der Waals surface area contributed by atoms with Gasteiger partial charge in [0.15, 0.2) is 11.5 Å². The highest BCUT2D eigenvalue weighted by molar-refractivity contribution is 6.32. The van der Waals surface area contributed by atoms with Gasteiger partial charge in [0, 0.05) is 45.3 Å². The van der Waals surface area contributed by atoms with E-state index in [4.69, 9.17) is 21.1 Å². The van der Waals surface area contributed by atoms with Crippen molar-refractivity contribution in [3.63, 3.8) is 0 Å². The summed E-state index contributed by atoms with van der Waals surface area (Å²) < 4.78 is 10.5. The van der Waals surface area contributed by atoms with Crippen LogP contribution >= 0.6 is 11.6 Å². The Kier molecular flexibility index (Phi) is 8.35. The normalized spacial score (nSPS) is 15.2. The van der Waals surface area contributed by atoms with Gasteiger partial charge in [0.2, 0.25) is 5.91 Å². The molecule has 3 rings (SSSR count). The van der Waals surface area contributed by atoms with Crippen LogP contribution in [0.5, 0.6) is 11.5 Å². The molecular formula is C24H30ClN3O3. The minimum atomic E-state index is -0.174. The Balaban J connectivity index is 1.50. The first kappa shape index (κ1) is 23.1. The lowest BCUT2D eigenvalue weighted by Crippen LogP contribution is -2.43. The van der Waals surface area contributed by atoms with Crippen molar-refractivity contribution in [2.45, 2.75) is 13.1 Å². The molecule has 1 aliphatic heterocycles. The summed E-state index contributed by atoms with van der Waals surface area (Å²) in [5, 5.41) is 3.34. The molecule has 0 saturated carbocycles. The molecule has 6 nitrogen and oxygen atoms in total. The average Bonchev–Trinajstić information content (AvgIpc) is 2.78. The summed E-state index contributed by atoms with van der Waals surface area (Å²) in [6.07, 6.45) is 3.18. The van der Waals surface area contributed by atoms with Crippen molar-refractivity contribution in [2.24, 2.45) is 0 Å². The van der Waals surface area contributed by atoms with Gasteiger partial charge in [-0.25, -0.2) is 0 Å². The molecule has 0 radical (unpaired) electrons. The third-order valence-corrected chi connectivity index (χ3v) is 5.66. The van der Waals surface area contributed by atoms with E-state index >= 15 is 0 Å². The second-order valence-electron chi connectivity index (χ2n) is 7.69. The zero-order valence-electron chi connectivity index (χ0n) is 18.4. The van der Waals surface area contributed by atoms with Gasteiger partial charge in [0.1, 0.15) is 0 Å². The van der Waals surface area contributed by atoms with Crippen LogP contribution in [0.25, 0.3) is 6.08 Å². The quantitative estimate of drug-likeness (QED) is 0.633. The topological polar surface area (TPSA) is 54.0 Å². The second kappa shape index (κ2) is 11.2. The van der Waals surface area contributed by atoms with Crippen LogP contribution in [0.1, 0.15) is 16.7 Å². The number of carbonyl (C=O) groups is 1. The predicted octanol–water partition coefficient (Wildman–Crippen LogP) is 3.43. The number of nitrogens with zero attached hydrogens (tertiary/aromatic N) is 2. The van der Waals surface area contributed by atoms with Crippen LogP contribution in [0.15, 0.2) is 42.5 Å². The third-order valence-electron chi connectivity index (χ3n) is 5.37. The largest absolute Gasteiger partial charge is 0.493 e. The number of ether oxygens (including phenoxy) is 2. The van der Waals surface area contributed by atoms with Crippen molar-refractivity contribution >= 4 is 23.6 Å². The molecule has 1 heterocycles. The van der Waals surface area contributed by atoms with E-state index in [-0.39, 0.29) is 5.91 Å². The highest BCUT2D eigenvalue weighted by atomic mass is 35.5. The summed E-state index contributed by atoms with van der Waals surface area (Å²) in [6.45, 7) is 5.89. The van der Waals surface area contributed by atoms with Gasteiger partial charge in [-0.3, -0.25) is 9.69 Å². The number of rotatable bonds is 8. The van der Waals surface area contributed by atoms with Gasteiger partial charge in [-0.2, -0.15) is 0 Å². The van der Waals surface area contributed by atoms with E-state index < -0.39 is 0 Å². The van der Waals surface area contributed by atoms with E-state index in [1.54, 1.807) is 25.3 Å². The van der Waals surface area contributed by atoms with E-state index in [1.165, 1.54) is 18.7 Å². The number of benzene rings is 2. The fourth-order valence-electron chi connectivity index (χ4n) is 3.48. The Morgan fingerprint density at radius 3 is 2.39 bits per heavy atom. The van der Waals surface area contributed by atoms with Crippen LogP contribution in [0.3, 0.4) is 0 Å². The Labute approximate surface area is 189 Å². The number of methoxy groups -OCH3 is 2. The van der Waals surface area contributed by atoms with Crippen LogP contribution in [-0.2, 0) is 17.9 Å². The van der Waals surface area contributed by atoms with Gasteiger partial charge < -0.3 is 19.7 Å². The number of likely N-dealkylation sites (N-methyl/N-ethyl adjacent to an activating group) is 1. The van der Waals surface area contributed by atoms with Crippen LogP contribution in [-0.4, -0.2) is 63.2 Å². The van der Waals surface area contributed by atoms with Crippen LogP contribution in [0, 0.1) is 0 Å². The second-order valence-corrected chi connectivity index (χ2v) is 8.09. The van der Waals surface area contributed by atoms with Crippen molar-refractivity contribution in [1.82, 2.24) is 15.1 Å². The van der Waals surface area contributed by atoms with E-state index in [0.717, 1.165) is 43.9 Å². The summed E-state index contributed by atoms with van der Waals surface area (Å²) in [7, 11) is 5.25. The molecule has 0 unspecified atom stereocenters. The first-order chi connectivity index (χ1) is 15.0. The lowest BCUT2D eigenvalue weighted by Gasteiger charge is -2.32. The monoisotopic (exact) mass is 443 g/mol. The summed E-state index contributed by atoms with van der Waals surface area (Å²) in [4.78, 5) is 17.0. The standard InChI is InChI=1S/C24H30ClN3O3/c1-27-10-12-28(13-11-27)17-19-6-4-18(5-7-19)16-26-23(29)9-8-20-14-21(25)24(31-3)22(15-20)30-2/h4-9,14-15H,10-13,16-17H2,1-3H3,(H,26,29)/b9-8+. The summed E-state index contributed by atoms with van der Waals surface area (Å²) >= 11 is 6.21. The molecule has 0 atom stereocenters. The SMILES string of the molecule is COc1cc(/C=C/C(=O)NCc2ccc(CN3CCN(C)CC3)cc2)cc(Cl)c1OC. The maximum Gasteiger partial charge on any atom is 0.244 e. The molecule has 1 aliphatic rings. The average molecular weight is 444 g/mol. The Hall–Kier alpha value is -2.54. The fourth-order valence-corrected chi connectivity index (χ4v) is 3.78. The number of carbonyl (C=O) groups excluding carboxylic acids is 1. The van der Waals surface area contributed by atoms with Gasteiger partial charge in [-0.05, 0) is 41.9 Å². The van der Waals surface area contributed by atoms with Gasteiger partial charge in [0.25, 0.3) is 0 Å². The molecule has 0 aromatic heterocycles. The van der Waals surface area contributed by atoms with Gasteiger partial charge in [-0.1, -0.05) is 35.9 Å². The number of piperazine rings is 1. The smallest absolute Gasteiger partial charge is 0.244 e. The highest BCUT2D eigenvalue weighted by Gasteiger charge is 2.13. The summed E-state index contributed by atoms with van der Waals surface area (Å²) in [5.74, 6) is 0.820. The predicted molar refractivity (Wildman–Crippen MR) is 125 cm³/mol. The van der Waals surface area contributed by atoms with Gasteiger partial charge >= 0.3 is 0 Å². The van der Waals surface area contributed by atoms with Crippen molar-refractivity contribution in [2.75, 3.05) is 47.4 Å². The van der Waals surface area contributed by atoms with Crippen molar-refractivity contribution in [3.05, 3.63) is 64.2 Å². The Bertz CT molecular complexity index is 907.